The van der Waals surface area contributed by atoms with Crippen molar-refractivity contribution in [2.45, 2.75) is 18.8 Å². The van der Waals surface area contributed by atoms with Crippen LogP contribution in [0.5, 0.6) is 5.75 Å². The van der Waals surface area contributed by atoms with Gasteiger partial charge >= 0.3 is 0 Å². The van der Waals surface area contributed by atoms with Gasteiger partial charge in [0, 0.05) is 11.6 Å². The number of nitrogens with one attached hydrogen (secondary N) is 1. The highest BCUT2D eigenvalue weighted by Crippen LogP contribution is 2.25. The summed E-state index contributed by atoms with van der Waals surface area (Å²) < 4.78 is 13.0. The second kappa shape index (κ2) is 10.9. The standard InChI is InChI=1S/C27H23N5O3S/c1-19-9-8-14-22(15-19)34-17-26-29-30-27(35-26)36-18-25(33)28-24-16-23(20-10-4-2-5-11-20)31-32(24)21-12-6-3-7-13-21/h2-16H,17-18H2,1H3,(H,28,33). The first kappa shape index (κ1) is 23.4. The highest BCUT2D eigenvalue weighted by molar-refractivity contribution is 7.99. The van der Waals surface area contributed by atoms with Crippen LogP contribution in [0, 0.1) is 6.92 Å². The predicted octanol–water partition coefficient (Wildman–Crippen LogP) is 5.54. The monoisotopic (exact) mass is 497 g/mol. The number of anilines is 1. The quantitative estimate of drug-likeness (QED) is 0.267. The number of nitrogens with zero attached hydrogens (tertiary/aromatic N) is 4. The molecule has 180 valence electrons. The molecule has 0 spiro atoms. The molecule has 1 N–H and O–H groups in total. The maximum absolute atomic E-state index is 12.8. The Kier molecular flexibility index (Phi) is 7.09. The first-order valence-corrected chi connectivity index (χ1v) is 12.3. The van der Waals surface area contributed by atoms with Crippen molar-refractivity contribution >= 4 is 23.5 Å². The van der Waals surface area contributed by atoms with Crippen LogP contribution in [0.1, 0.15) is 11.5 Å². The average molecular weight is 498 g/mol. The molecule has 5 rings (SSSR count). The summed E-state index contributed by atoms with van der Waals surface area (Å²) in [5.41, 5.74) is 3.67. The van der Waals surface area contributed by atoms with E-state index >= 15 is 0 Å². The third kappa shape index (κ3) is 5.81. The van der Waals surface area contributed by atoms with Crippen LogP contribution in [0.15, 0.2) is 101 Å². The number of aryl methyl sites for hydroxylation is 1. The van der Waals surface area contributed by atoms with Gasteiger partial charge in [-0.1, -0.05) is 72.4 Å². The van der Waals surface area contributed by atoms with E-state index in [1.807, 2.05) is 97.9 Å². The Morgan fingerprint density at radius 2 is 1.75 bits per heavy atom. The van der Waals surface area contributed by atoms with Gasteiger partial charge in [0.15, 0.2) is 6.61 Å². The molecule has 0 radical (unpaired) electrons. The third-order valence-electron chi connectivity index (χ3n) is 5.17. The summed E-state index contributed by atoms with van der Waals surface area (Å²) in [5, 5.41) is 16.0. The van der Waals surface area contributed by atoms with Gasteiger partial charge in [0.25, 0.3) is 11.1 Å². The van der Waals surface area contributed by atoms with Gasteiger partial charge in [-0.3, -0.25) is 4.79 Å². The summed E-state index contributed by atoms with van der Waals surface area (Å²) in [6.45, 7) is 2.15. The minimum atomic E-state index is -0.215. The van der Waals surface area contributed by atoms with E-state index in [1.165, 1.54) is 0 Å². The number of hydrogen-bond acceptors (Lipinski definition) is 7. The van der Waals surface area contributed by atoms with Gasteiger partial charge in [0.1, 0.15) is 11.6 Å². The number of carbonyl (C=O) groups excluding carboxylic acids is 1. The molecule has 9 heteroatoms. The fraction of sp³-hybridized carbons (Fsp3) is 0.111. The van der Waals surface area contributed by atoms with Crippen LogP contribution in [0.2, 0.25) is 0 Å². The first-order chi connectivity index (χ1) is 17.6. The summed E-state index contributed by atoms with van der Waals surface area (Å²) >= 11 is 1.16. The van der Waals surface area contributed by atoms with Crippen molar-refractivity contribution in [3.05, 3.63) is 102 Å². The van der Waals surface area contributed by atoms with Crippen LogP contribution in [0.4, 0.5) is 5.82 Å². The molecule has 0 aliphatic heterocycles. The minimum absolute atomic E-state index is 0.0982. The van der Waals surface area contributed by atoms with E-state index in [0.29, 0.717) is 16.9 Å². The number of amides is 1. The lowest BCUT2D eigenvalue weighted by Crippen LogP contribution is -2.16. The van der Waals surface area contributed by atoms with E-state index in [9.17, 15) is 4.79 Å². The smallest absolute Gasteiger partial charge is 0.277 e. The number of ether oxygens (including phenoxy) is 1. The lowest BCUT2D eigenvalue weighted by molar-refractivity contribution is -0.113. The molecule has 0 fully saturated rings. The molecular formula is C27H23N5O3S. The van der Waals surface area contributed by atoms with Crippen molar-refractivity contribution < 1.29 is 13.9 Å². The van der Waals surface area contributed by atoms with Gasteiger partial charge < -0.3 is 14.5 Å². The lowest BCUT2D eigenvalue weighted by atomic mass is 10.2. The van der Waals surface area contributed by atoms with Gasteiger partial charge in [-0.15, -0.1) is 10.2 Å². The molecule has 0 aliphatic carbocycles. The Morgan fingerprint density at radius 1 is 0.972 bits per heavy atom. The number of rotatable bonds is 9. The SMILES string of the molecule is Cc1cccc(OCc2nnc(SCC(=O)Nc3cc(-c4ccccc4)nn3-c3ccccc3)o2)c1. The summed E-state index contributed by atoms with van der Waals surface area (Å²) in [7, 11) is 0. The van der Waals surface area contributed by atoms with E-state index < -0.39 is 0 Å². The fourth-order valence-corrected chi connectivity index (χ4v) is 4.08. The van der Waals surface area contributed by atoms with Gasteiger partial charge in [0.05, 0.1) is 17.1 Å². The minimum Gasteiger partial charge on any atom is -0.484 e. The summed E-state index contributed by atoms with van der Waals surface area (Å²) in [5.74, 6) is 1.53. The van der Waals surface area contributed by atoms with E-state index in [-0.39, 0.29) is 18.3 Å². The average Bonchev–Trinajstić information content (AvgIpc) is 3.54. The first-order valence-electron chi connectivity index (χ1n) is 11.3. The summed E-state index contributed by atoms with van der Waals surface area (Å²) in [6.07, 6.45) is 0. The van der Waals surface area contributed by atoms with Gasteiger partial charge in [-0.25, -0.2) is 4.68 Å². The van der Waals surface area contributed by atoms with Crippen molar-refractivity contribution in [2.24, 2.45) is 0 Å². The Bertz CT molecular complexity index is 1450. The van der Waals surface area contributed by atoms with E-state index in [1.54, 1.807) is 4.68 Å². The van der Waals surface area contributed by atoms with Gasteiger partial charge in [-0.05, 0) is 36.8 Å². The molecule has 2 heterocycles. The van der Waals surface area contributed by atoms with Crippen molar-refractivity contribution in [3.8, 4) is 22.7 Å². The topological polar surface area (TPSA) is 95.1 Å². The second-order valence-corrected chi connectivity index (χ2v) is 8.86. The number of hydrogen-bond donors (Lipinski definition) is 1. The third-order valence-corrected chi connectivity index (χ3v) is 5.99. The molecule has 0 unspecified atom stereocenters. The maximum Gasteiger partial charge on any atom is 0.277 e. The maximum atomic E-state index is 12.8. The number of thioether (sulfide) groups is 1. The number of para-hydroxylation sites is 1. The molecule has 1 amide bonds. The highest BCUT2D eigenvalue weighted by Gasteiger charge is 2.15. The Morgan fingerprint density at radius 3 is 2.53 bits per heavy atom. The molecular weight excluding hydrogens is 474 g/mol. The zero-order valence-electron chi connectivity index (χ0n) is 19.5. The van der Waals surface area contributed by atoms with Gasteiger partial charge in [-0.2, -0.15) is 5.10 Å². The number of aromatic nitrogens is 4. The zero-order valence-corrected chi connectivity index (χ0v) is 20.3. The van der Waals surface area contributed by atoms with Crippen molar-refractivity contribution in [1.82, 2.24) is 20.0 Å². The predicted molar refractivity (Wildman–Crippen MR) is 138 cm³/mol. The highest BCUT2D eigenvalue weighted by atomic mass is 32.2. The Hall–Kier alpha value is -4.37. The fourth-order valence-electron chi connectivity index (χ4n) is 3.50. The van der Waals surface area contributed by atoms with Crippen molar-refractivity contribution in [1.29, 1.82) is 0 Å². The van der Waals surface area contributed by atoms with Crippen LogP contribution in [-0.4, -0.2) is 31.6 Å². The van der Waals surface area contributed by atoms with Crippen LogP contribution in [0.3, 0.4) is 0 Å². The second-order valence-electron chi connectivity index (χ2n) is 7.93. The Balaban J connectivity index is 1.23. The molecule has 36 heavy (non-hydrogen) atoms. The van der Waals surface area contributed by atoms with E-state index in [2.05, 4.69) is 15.5 Å². The summed E-state index contributed by atoms with van der Waals surface area (Å²) in [4.78, 5) is 12.8. The zero-order chi connectivity index (χ0) is 24.7. The Labute approximate surface area is 212 Å². The number of carbonyl (C=O) groups is 1. The lowest BCUT2D eigenvalue weighted by Gasteiger charge is -2.08. The van der Waals surface area contributed by atoms with Crippen LogP contribution in [0.25, 0.3) is 16.9 Å². The molecule has 0 saturated carbocycles. The van der Waals surface area contributed by atoms with Crippen LogP contribution >= 0.6 is 11.8 Å². The molecule has 8 nitrogen and oxygen atoms in total. The van der Waals surface area contributed by atoms with Crippen molar-refractivity contribution in [2.75, 3.05) is 11.1 Å². The molecule has 0 atom stereocenters. The molecule has 5 aromatic rings. The van der Waals surface area contributed by atoms with Gasteiger partial charge in [0.2, 0.25) is 5.91 Å². The molecule has 2 aromatic heterocycles. The van der Waals surface area contributed by atoms with Crippen LogP contribution in [-0.2, 0) is 11.4 Å². The van der Waals surface area contributed by atoms with E-state index in [0.717, 1.165) is 40.0 Å². The van der Waals surface area contributed by atoms with Crippen molar-refractivity contribution in [3.63, 3.8) is 0 Å². The molecule has 0 aliphatic rings. The molecule has 0 bridgehead atoms. The van der Waals surface area contributed by atoms with Crippen LogP contribution < -0.4 is 10.1 Å². The largest absolute Gasteiger partial charge is 0.484 e. The summed E-state index contributed by atoms with van der Waals surface area (Å²) in [6, 6.07) is 29.1. The normalized spacial score (nSPS) is 10.8. The molecule has 3 aromatic carbocycles. The number of benzene rings is 3. The van der Waals surface area contributed by atoms with E-state index in [4.69, 9.17) is 14.3 Å². The molecule has 0 saturated heterocycles.